The first-order valence-electron chi connectivity index (χ1n) is 6.82. The standard InChI is InChI=1S/C17H15NO3/c1-10(2)11-3-5-12(6-4-11)16(19)13-7-8-14-15(9-13)21-17(20)18-14/h3-10H,1-2H3,(H,18,20). The van der Waals surface area contributed by atoms with Crippen LogP contribution < -0.4 is 5.76 Å². The van der Waals surface area contributed by atoms with Crippen molar-refractivity contribution in [3.63, 3.8) is 0 Å². The predicted octanol–water partition coefficient (Wildman–Crippen LogP) is 3.48. The minimum absolute atomic E-state index is 0.0870. The van der Waals surface area contributed by atoms with Crippen LogP contribution >= 0.6 is 0 Å². The van der Waals surface area contributed by atoms with Gasteiger partial charge < -0.3 is 4.42 Å². The van der Waals surface area contributed by atoms with E-state index in [1.165, 1.54) is 5.56 Å². The van der Waals surface area contributed by atoms with Gasteiger partial charge in [-0.1, -0.05) is 38.1 Å². The topological polar surface area (TPSA) is 63.1 Å². The first-order valence-corrected chi connectivity index (χ1v) is 6.82. The fraction of sp³-hybridized carbons (Fsp3) is 0.176. The van der Waals surface area contributed by atoms with Gasteiger partial charge in [0.1, 0.15) is 0 Å². The van der Waals surface area contributed by atoms with Crippen molar-refractivity contribution in [2.75, 3.05) is 0 Å². The molecule has 0 radical (unpaired) electrons. The van der Waals surface area contributed by atoms with Gasteiger partial charge in [0.25, 0.3) is 0 Å². The molecular formula is C17H15NO3. The molecule has 3 aromatic rings. The number of nitrogens with one attached hydrogen (secondary N) is 1. The average Bonchev–Trinajstić information content (AvgIpc) is 2.85. The normalized spacial score (nSPS) is 11.2. The van der Waals surface area contributed by atoms with E-state index in [-0.39, 0.29) is 5.78 Å². The highest BCUT2D eigenvalue weighted by atomic mass is 16.4. The second kappa shape index (κ2) is 5.05. The molecule has 0 aliphatic carbocycles. The molecule has 3 rings (SSSR count). The zero-order valence-corrected chi connectivity index (χ0v) is 11.8. The molecule has 0 amide bonds. The van der Waals surface area contributed by atoms with Gasteiger partial charge in [0, 0.05) is 11.1 Å². The van der Waals surface area contributed by atoms with Gasteiger partial charge in [0.2, 0.25) is 0 Å². The Labute approximate surface area is 121 Å². The highest BCUT2D eigenvalue weighted by molar-refractivity contribution is 6.10. The maximum absolute atomic E-state index is 12.4. The van der Waals surface area contributed by atoms with E-state index < -0.39 is 5.76 Å². The zero-order chi connectivity index (χ0) is 15.0. The summed E-state index contributed by atoms with van der Waals surface area (Å²) in [7, 11) is 0. The number of carbonyl (C=O) groups excluding carboxylic acids is 1. The van der Waals surface area contributed by atoms with E-state index in [2.05, 4.69) is 18.8 Å². The number of aromatic amines is 1. The minimum atomic E-state index is -0.518. The Bertz CT molecular complexity index is 854. The lowest BCUT2D eigenvalue weighted by Crippen LogP contribution is -2.01. The van der Waals surface area contributed by atoms with E-state index in [9.17, 15) is 9.59 Å². The molecule has 21 heavy (non-hydrogen) atoms. The average molecular weight is 281 g/mol. The Morgan fingerprint density at radius 3 is 2.38 bits per heavy atom. The third-order valence-corrected chi connectivity index (χ3v) is 3.52. The third kappa shape index (κ3) is 2.52. The lowest BCUT2D eigenvalue weighted by atomic mass is 9.98. The van der Waals surface area contributed by atoms with Gasteiger partial charge in [-0.2, -0.15) is 0 Å². The van der Waals surface area contributed by atoms with Crippen molar-refractivity contribution in [3.05, 3.63) is 69.7 Å². The van der Waals surface area contributed by atoms with Crippen LogP contribution in [0.2, 0.25) is 0 Å². The summed E-state index contributed by atoms with van der Waals surface area (Å²) in [5, 5.41) is 0. The molecule has 0 bridgehead atoms. The lowest BCUT2D eigenvalue weighted by molar-refractivity contribution is 0.103. The number of oxazole rings is 1. The summed E-state index contributed by atoms with van der Waals surface area (Å²) in [5.74, 6) is -0.174. The number of hydrogen-bond donors (Lipinski definition) is 1. The van der Waals surface area contributed by atoms with Crippen LogP contribution in [-0.2, 0) is 0 Å². The van der Waals surface area contributed by atoms with Gasteiger partial charge in [-0.05, 0) is 29.7 Å². The van der Waals surface area contributed by atoms with Crippen molar-refractivity contribution in [1.82, 2.24) is 4.98 Å². The fourth-order valence-corrected chi connectivity index (χ4v) is 2.27. The van der Waals surface area contributed by atoms with E-state index in [1.54, 1.807) is 18.2 Å². The second-order valence-corrected chi connectivity index (χ2v) is 5.33. The smallest absolute Gasteiger partial charge is 0.408 e. The van der Waals surface area contributed by atoms with Crippen LogP contribution in [0.25, 0.3) is 11.1 Å². The molecule has 0 spiro atoms. The molecule has 0 aliphatic heterocycles. The minimum Gasteiger partial charge on any atom is -0.408 e. The van der Waals surface area contributed by atoms with Crippen LogP contribution in [0.3, 0.4) is 0 Å². The second-order valence-electron chi connectivity index (χ2n) is 5.33. The van der Waals surface area contributed by atoms with Gasteiger partial charge in [-0.15, -0.1) is 0 Å². The summed E-state index contributed by atoms with van der Waals surface area (Å²) in [6.45, 7) is 4.22. The summed E-state index contributed by atoms with van der Waals surface area (Å²) >= 11 is 0. The molecule has 1 aromatic heterocycles. The van der Waals surface area contributed by atoms with Crippen LogP contribution in [0.5, 0.6) is 0 Å². The largest absolute Gasteiger partial charge is 0.417 e. The van der Waals surface area contributed by atoms with Crippen molar-refractivity contribution in [2.24, 2.45) is 0 Å². The number of carbonyl (C=O) groups is 1. The van der Waals surface area contributed by atoms with E-state index >= 15 is 0 Å². The Morgan fingerprint density at radius 1 is 1.05 bits per heavy atom. The number of hydrogen-bond acceptors (Lipinski definition) is 3. The fourth-order valence-electron chi connectivity index (χ4n) is 2.27. The summed E-state index contributed by atoms with van der Waals surface area (Å²) < 4.78 is 4.98. The quantitative estimate of drug-likeness (QED) is 0.748. The van der Waals surface area contributed by atoms with E-state index in [4.69, 9.17) is 4.42 Å². The number of ketones is 1. The monoisotopic (exact) mass is 281 g/mol. The van der Waals surface area contributed by atoms with Crippen LogP contribution in [0, 0.1) is 0 Å². The number of rotatable bonds is 3. The maximum Gasteiger partial charge on any atom is 0.417 e. The van der Waals surface area contributed by atoms with Crippen LogP contribution in [-0.4, -0.2) is 10.8 Å². The Hall–Kier alpha value is -2.62. The zero-order valence-electron chi connectivity index (χ0n) is 11.8. The van der Waals surface area contributed by atoms with Crippen LogP contribution in [0.1, 0.15) is 41.3 Å². The molecule has 0 fully saturated rings. The van der Waals surface area contributed by atoms with E-state index in [0.29, 0.717) is 28.1 Å². The van der Waals surface area contributed by atoms with Gasteiger partial charge in [0.05, 0.1) is 5.52 Å². The van der Waals surface area contributed by atoms with Crippen LogP contribution in [0.15, 0.2) is 51.7 Å². The molecule has 0 unspecified atom stereocenters. The Kier molecular flexibility index (Phi) is 3.22. The summed E-state index contributed by atoms with van der Waals surface area (Å²) in [6, 6.07) is 12.5. The first-order chi connectivity index (χ1) is 10.0. The Balaban J connectivity index is 1.97. The molecule has 1 heterocycles. The summed E-state index contributed by atoms with van der Waals surface area (Å²) in [4.78, 5) is 26.1. The molecule has 4 heteroatoms. The summed E-state index contributed by atoms with van der Waals surface area (Å²) in [5.41, 5.74) is 3.30. The first kappa shape index (κ1) is 13.4. The molecular weight excluding hydrogens is 266 g/mol. The molecule has 0 saturated carbocycles. The summed E-state index contributed by atoms with van der Waals surface area (Å²) in [6.07, 6.45) is 0. The molecule has 1 N–H and O–H groups in total. The number of H-pyrrole nitrogens is 1. The molecule has 106 valence electrons. The molecule has 0 aliphatic rings. The third-order valence-electron chi connectivity index (χ3n) is 3.52. The van der Waals surface area contributed by atoms with Gasteiger partial charge in [0.15, 0.2) is 11.4 Å². The SMILES string of the molecule is CC(C)c1ccc(C(=O)c2ccc3[nH]c(=O)oc3c2)cc1. The van der Waals surface area contributed by atoms with E-state index in [1.807, 2.05) is 24.3 Å². The van der Waals surface area contributed by atoms with E-state index in [0.717, 1.165) is 0 Å². The van der Waals surface area contributed by atoms with Crippen molar-refractivity contribution in [3.8, 4) is 0 Å². The van der Waals surface area contributed by atoms with Gasteiger partial charge in [-0.25, -0.2) is 4.79 Å². The highest BCUT2D eigenvalue weighted by Crippen LogP contribution is 2.19. The molecule has 0 saturated heterocycles. The molecule has 4 nitrogen and oxygen atoms in total. The number of aromatic nitrogens is 1. The predicted molar refractivity (Wildman–Crippen MR) is 80.8 cm³/mol. The van der Waals surface area contributed by atoms with Gasteiger partial charge in [-0.3, -0.25) is 9.78 Å². The maximum atomic E-state index is 12.4. The van der Waals surface area contributed by atoms with Crippen LogP contribution in [0.4, 0.5) is 0 Å². The van der Waals surface area contributed by atoms with Crippen molar-refractivity contribution >= 4 is 16.9 Å². The van der Waals surface area contributed by atoms with Crippen molar-refractivity contribution in [2.45, 2.75) is 19.8 Å². The number of fused-ring (bicyclic) bond motifs is 1. The van der Waals surface area contributed by atoms with Gasteiger partial charge >= 0.3 is 5.76 Å². The number of benzene rings is 2. The lowest BCUT2D eigenvalue weighted by Gasteiger charge is -2.06. The Morgan fingerprint density at radius 2 is 1.71 bits per heavy atom. The van der Waals surface area contributed by atoms with Crippen molar-refractivity contribution in [1.29, 1.82) is 0 Å². The molecule has 0 atom stereocenters. The van der Waals surface area contributed by atoms with Crippen molar-refractivity contribution < 1.29 is 9.21 Å². The molecule has 2 aromatic carbocycles. The highest BCUT2D eigenvalue weighted by Gasteiger charge is 2.12.